The predicted molar refractivity (Wildman–Crippen MR) is 121 cm³/mol. The van der Waals surface area contributed by atoms with Gasteiger partial charge in [0.15, 0.2) is 0 Å². The van der Waals surface area contributed by atoms with Crippen LogP contribution in [0, 0.1) is 0 Å². The molecule has 0 radical (unpaired) electrons. The first-order valence-electron chi connectivity index (χ1n) is 10.5. The molecule has 0 atom stereocenters. The van der Waals surface area contributed by atoms with E-state index in [4.69, 9.17) is 21.1 Å². The highest BCUT2D eigenvalue weighted by atomic mass is 35.5. The summed E-state index contributed by atoms with van der Waals surface area (Å²) in [6.45, 7) is 4.81. The normalized spacial score (nSPS) is 10.8. The second kappa shape index (κ2) is 13.1. The molecule has 0 fully saturated rings. The SMILES string of the molecule is CCOCCCN(CC(=O)N(CCOC)Cc1cccn1C)C(=O)c1ccc(Cl)cc1. The molecule has 0 aliphatic carbocycles. The van der Waals surface area contributed by atoms with E-state index in [0.29, 0.717) is 56.5 Å². The molecule has 2 rings (SSSR count). The lowest BCUT2D eigenvalue weighted by Crippen LogP contribution is -2.44. The zero-order valence-corrected chi connectivity index (χ0v) is 19.3. The van der Waals surface area contributed by atoms with Gasteiger partial charge in [-0.15, -0.1) is 0 Å². The van der Waals surface area contributed by atoms with Crippen LogP contribution in [0.15, 0.2) is 42.6 Å². The van der Waals surface area contributed by atoms with Gasteiger partial charge in [-0.2, -0.15) is 0 Å². The lowest BCUT2D eigenvalue weighted by molar-refractivity contribution is -0.133. The number of aromatic nitrogens is 1. The number of carbonyl (C=O) groups excluding carboxylic acids is 2. The van der Waals surface area contributed by atoms with Crippen molar-refractivity contribution in [3.63, 3.8) is 0 Å². The molecule has 0 saturated heterocycles. The standard InChI is InChI=1S/C23H32ClN3O4/c1-4-31-15-6-13-27(23(29)19-8-10-20(24)11-9-19)18-22(28)26(14-16-30-3)17-21-7-5-12-25(21)2/h5,7-12H,4,6,13-18H2,1-3H3. The van der Waals surface area contributed by atoms with E-state index in [9.17, 15) is 9.59 Å². The number of hydrogen-bond donors (Lipinski definition) is 0. The maximum absolute atomic E-state index is 13.2. The van der Waals surface area contributed by atoms with Gasteiger partial charge in [0, 0.05) is 62.9 Å². The molecule has 2 amide bonds. The van der Waals surface area contributed by atoms with Crippen LogP contribution in [0.2, 0.25) is 5.02 Å². The van der Waals surface area contributed by atoms with E-state index in [-0.39, 0.29) is 18.4 Å². The zero-order chi connectivity index (χ0) is 22.6. The van der Waals surface area contributed by atoms with Crippen LogP contribution in [0.5, 0.6) is 0 Å². The Labute approximate surface area is 189 Å². The van der Waals surface area contributed by atoms with Gasteiger partial charge < -0.3 is 23.8 Å². The van der Waals surface area contributed by atoms with Crippen LogP contribution in [-0.2, 0) is 27.9 Å². The van der Waals surface area contributed by atoms with E-state index in [0.717, 1.165) is 5.69 Å². The summed E-state index contributed by atoms with van der Waals surface area (Å²) in [7, 11) is 3.55. The average Bonchev–Trinajstić information content (AvgIpc) is 3.17. The second-order valence-corrected chi connectivity index (χ2v) is 7.64. The van der Waals surface area contributed by atoms with Crippen molar-refractivity contribution < 1.29 is 19.1 Å². The summed E-state index contributed by atoms with van der Waals surface area (Å²) < 4.78 is 12.6. The molecule has 0 unspecified atom stereocenters. The van der Waals surface area contributed by atoms with Crippen molar-refractivity contribution in [2.24, 2.45) is 7.05 Å². The van der Waals surface area contributed by atoms with E-state index in [2.05, 4.69) is 0 Å². The molecule has 31 heavy (non-hydrogen) atoms. The molecular weight excluding hydrogens is 418 g/mol. The summed E-state index contributed by atoms with van der Waals surface area (Å²) in [5, 5.41) is 0.559. The molecule has 0 spiro atoms. The van der Waals surface area contributed by atoms with E-state index in [1.165, 1.54) is 0 Å². The minimum absolute atomic E-state index is 0.0122. The molecule has 8 heteroatoms. The average molecular weight is 450 g/mol. The van der Waals surface area contributed by atoms with Crippen LogP contribution >= 0.6 is 11.6 Å². The number of ether oxygens (including phenoxy) is 2. The molecule has 0 bridgehead atoms. The number of amides is 2. The van der Waals surface area contributed by atoms with E-state index in [1.54, 1.807) is 41.2 Å². The van der Waals surface area contributed by atoms with Crippen molar-refractivity contribution in [1.29, 1.82) is 0 Å². The quantitative estimate of drug-likeness (QED) is 0.440. The highest BCUT2D eigenvalue weighted by molar-refractivity contribution is 6.30. The molecule has 0 N–H and O–H groups in total. The first-order valence-corrected chi connectivity index (χ1v) is 10.8. The maximum atomic E-state index is 13.2. The lowest BCUT2D eigenvalue weighted by atomic mass is 10.2. The van der Waals surface area contributed by atoms with Gasteiger partial charge in [0.05, 0.1) is 13.2 Å². The van der Waals surface area contributed by atoms with E-state index in [1.807, 2.05) is 36.9 Å². The molecule has 1 heterocycles. The third kappa shape index (κ3) is 8.01. The highest BCUT2D eigenvalue weighted by Crippen LogP contribution is 2.13. The van der Waals surface area contributed by atoms with Crippen molar-refractivity contribution in [2.75, 3.05) is 46.6 Å². The topological polar surface area (TPSA) is 64.0 Å². The van der Waals surface area contributed by atoms with Gasteiger partial charge >= 0.3 is 0 Å². The molecule has 1 aromatic heterocycles. The molecule has 1 aromatic carbocycles. The van der Waals surface area contributed by atoms with Gasteiger partial charge in [-0.25, -0.2) is 0 Å². The molecule has 7 nitrogen and oxygen atoms in total. The Morgan fingerprint density at radius 1 is 1.06 bits per heavy atom. The van der Waals surface area contributed by atoms with Crippen LogP contribution < -0.4 is 0 Å². The first-order chi connectivity index (χ1) is 15.0. The van der Waals surface area contributed by atoms with Crippen LogP contribution in [-0.4, -0.2) is 72.7 Å². The van der Waals surface area contributed by atoms with E-state index >= 15 is 0 Å². The Hall–Kier alpha value is -2.35. The fourth-order valence-corrected chi connectivity index (χ4v) is 3.27. The summed E-state index contributed by atoms with van der Waals surface area (Å²) in [6.07, 6.45) is 2.59. The first kappa shape index (κ1) is 24.9. The Morgan fingerprint density at radius 3 is 2.42 bits per heavy atom. The number of hydrogen-bond acceptors (Lipinski definition) is 4. The van der Waals surface area contributed by atoms with E-state index < -0.39 is 0 Å². The molecule has 170 valence electrons. The smallest absolute Gasteiger partial charge is 0.254 e. The monoisotopic (exact) mass is 449 g/mol. The fraction of sp³-hybridized carbons (Fsp3) is 0.478. The minimum atomic E-state index is -0.202. The summed E-state index contributed by atoms with van der Waals surface area (Å²) in [6, 6.07) is 10.6. The van der Waals surface area contributed by atoms with Gasteiger partial charge in [0.2, 0.25) is 5.91 Å². The second-order valence-electron chi connectivity index (χ2n) is 7.20. The number of benzene rings is 1. The van der Waals surface area contributed by atoms with Crippen molar-refractivity contribution in [3.05, 3.63) is 58.9 Å². The zero-order valence-electron chi connectivity index (χ0n) is 18.6. The van der Waals surface area contributed by atoms with Gasteiger partial charge in [-0.3, -0.25) is 9.59 Å². The largest absolute Gasteiger partial charge is 0.383 e. The number of carbonyl (C=O) groups is 2. The molecular formula is C23H32ClN3O4. The molecule has 0 aliphatic heterocycles. The van der Waals surface area contributed by atoms with Crippen molar-refractivity contribution >= 4 is 23.4 Å². The maximum Gasteiger partial charge on any atom is 0.254 e. The van der Waals surface area contributed by atoms with Crippen LogP contribution in [0.3, 0.4) is 0 Å². The van der Waals surface area contributed by atoms with Crippen LogP contribution in [0.1, 0.15) is 29.4 Å². The number of halogens is 1. The van der Waals surface area contributed by atoms with Crippen molar-refractivity contribution in [1.82, 2.24) is 14.4 Å². The number of rotatable bonds is 13. The minimum Gasteiger partial charge on any atom is -0.383 e. The van der Waals surface area contributed by atoms with Gasteiger partial charge in [0.25, 0.3) is 5.91 Å². The lowest BCUT2D eigenvalue weighted by Gasteiger charge is -2.28. The third-order valence-electron chi connectivity index (χ3n) is 4.95. The molecule has 2 aromatic rings. The van der Waals surface area contributed by atoms with Crippen LogP contribution in [0.4, 0.5) is 0 Å². The van der Waals surface area contributed by atoms with Gasteiger partial charge in [0.1, 0.15) is 6.54 Å². The number of methoxy groups -OCH3 is 1. The van der Waals surface area contributed by atoms with Crippen molar-refractivity contribution in [2.45, 2.75) is 19.9 Å². The fourth-order valence-electron chi connectivity index (χ4n) is 3.14. The molecule has 0 saturated carbocycles. The number of nitrogens with zero attached hydrogens (tertiary/aromatic N) is 3. The van der Waals surface area contributed by atoms with Gasteiger partial charge in [-0.1, -0.05) is 11.6 Å². The highest BCUT2D eigenvalue weighted by Gasteiger charge is 2.23. The Bertz CT molecular complexity index is 822. The summed E-state index contributed by atoms with van der Waals surface area (Å²) in [5.74, 6) is -0.330. The summed E-state index contributed by atoms with van der Waals surface area (Å²) >= 11 is 5.95. The molecule has 0 aliphatic rings. The summed E-state index contributed by atoms with van der Waals surface area (Å²) in [4.78, 5) is 29.6. The van der Waals surface area contributed by atoms with Crippen LogP contribution in [0.25, 0.3) is 0 Å². The predicted octanol–water partition coefficient (Wildman–Crippen LogP) is 3.22. The number of aryl methyl sites for hydroxylation is 1. The van der Waals surface area contributed by atoms with Crippen molar-refractivity contribution in [3.8, 4) is 0 Å². The summed E-state index contributed by atoms with van der Waals surface area (Å²) in [5.41, 5.74) is 1.51. The Morgan fingerprint density at radius 2 is 1.81 bits per heavy atom. The Balaban J connectivity index is 2.14. The Kier molecular flexibility index (Phi) is 10.6. The third-order valence-corrected chi connectivity index (χ3v) is 5.20. The van der Waals surface area contributed by atoms with Gasteiger partial charge in [-0.05, 0) is 49.7 Å².